The molecule has 6 nitrogen and oxygen atoms in total. The molecule has 0 saturated heterocycles. The van der Waals surface area contributed by atoms with E-state index in [0.29, 0.717) is 11.3 Å². The van der Waals surface area contributed by atoms with E-state index >= 15 is 0 Å². The fraction of sp³-hybridized carbons (Fsp3) is 0.182. The summed E-state index contributed by atoms with van der Waals surface area (Å²) in [5.74, 6) is -0.603. The van der Waals surface area contributed by atoms with Gasteiger partial charge in [-0.2, -0.15) is 8.42 Å². The van der Waals surface area contributed by atoms with Gasteiger partial charge in [0.25, 0.3) is 10.1 Å². The van der Waals surface area contributed by atoms with Crippen molar-refractivity contribution in [3.63, 3.8) is 0 Å². The molecule has 2 aromatic rings. The van der Waals surface area contributed by atoms with Gasteiger partial charge < -0.3 is 9.73 Å². The summed E-state index contributed by atoms with van der Waals surface area (Å²) in [6, 6.07) is 6.24. The monoisotopic (exact) mass is 292 g/mol. The summed E-state index contributed by atoms with van der Waals surface area (Å²) >= 11 is 0. The molecule has 0 atom stereocenters. The summed E-state index contributed by atoms with van der Waals surface area (Å²) in [5.41, 5.74) is 1.11. The summed E-state index contributed by atoms with van der Waals surface area (Å²) in [5, 5.41) is 3.29. The fourth-order valence-electron chi connectivity index (χ4n) is 1.61. The zero-order valence-electron chi connectivity index (χ0n) is 10.5. The Kier molecular flexibility index (Phi) is 5.17. The second-order valence-corrected chi connectivity index (χ2v) is 5.31. The smallest absolute Gasteiger partial charge is 0.423 e. The molecule has 0 fully saturated rings. The summed E-state index contributed by atoms with van der Waals surface area (Å²) in [6.45, 7) is 1.78. The summed E-state index contributed by atoms with van der Waals surface area (Å²) < 4.78 is 34.8. The molecule has 2 N–H and O–H groups in total. The molecule has 0 radical (unpaired) electrons. The molecule has 8 heteroatoms. The maximum atomic E-state index is 11.2. The van der Waals surface area contributed by atoms with Gasteiger partial charge in [0.15, 0.2) is 0 Å². The van der Waals surface area contributed by atoms with Crippen LogP contribution in [0.1, 0.15) is 5.56 Å². The Bertz CT molecular complexity index is 753. The van der Waals surface area contributed by atoms with E-state index in [4.69, 9.17) is 8.97 Å². The predicted molar refractivity (Wildman–Crippen MR) is 67.3 cm³/mol. The number of aryl methyl sites for hydroxylation is 1. The number of nitrogens with one attached hydrogen (secondary N) is 1. The zero-order chi connectivity index (χ0) is 13.3. The molecule has 2 rings (SSSR count). The summed E-state index contributed by atoms with van der Waals surface area (Å²) in [7, 11) is -4.10. The summed E-state index contributed by atoms with van der Waals surface area (Å²) in [6.07, 6.45) is 0. The van der Waals surface area contributed by atoms with E-state index in [9.17, 15) is 13.2 Å². The van der Waals surface area contributed by atoms with Crippen LogP contribution in [0.2, 0.25) is 0 Å². The molecule has 0 aliphatic rings. The first kappa shape index (κ1) is 16.2. The van der Waals surface area contributed by atoms with Crippen molar-refractivity contribution in [2.45, 2.75) is 6.92 Å². The van der Waals surface area contributed by atoms with Crippen molar-refractivity contribution in [2.75, 3.05) is 11.2 Å². The first-order valence-corrected chi connectivity index (χ1v) is 6.70. The number of hydrogen-bond acceptors (Lipinski definition) is 5. The van der Waals surface area contributed by atoms with E-state index in [1.807, 2.05) is 0 Å². The Hall–Kier alpha value is -0.860. The zero-order valence-corrected chi connectivity index (χ0v) is 13.3. The Labute approximate surface area is 131 Å². The van der Waals surface area contributed by atoms with E-state index in [1.165, 1.54) is 12.1 Å². The standard InChI is InChI=1S/C11H11NO5S.Na/c1-7-4-11(13)17-10-5-8(2-3-9(7)10)12-6-18(14,15)16;/h2-5,12H,6H2,1H3,(H,14,15,16);/q;+1. The number of benzene rings is 1. The third-order valence-electron chi connectivity index (χ3n) is 2.41. The SMILES string of the molecule is Cc1cc(=O)oc2cc(NCS(=O)(=O)O)ccc12.[Na+]. The van der Waals surface area contributed by atoms with Crippen molar-refractivity contribution in [3.05, 3.63) is 40.2 Å². The van der Waals surface area contributed by atoms with Crippen molar-refractivity contribution in [3.8, 4) is 0 Å². The van der Waals surface area contributed by atoms with Gasteiger partial charge in [-0.3, -0.25) is 4.55 Å². The summed E-state index contributed by atoms with van der Waals surface area (Å²) in [4.78, 5) is 11.2. The molecule has 96 valence electrons. The Morgan fingerprint density at radius 1 is 1.32 bits per heavy atom. The predicted octanol–water partition coefficient (Wildman–Crippen LogP) is -1.64. The minimum atomic E-state index is -4.10. The number of hydrogen-bond donors (Lipinski definition) is 2. The van der Waals surface area contributed by atoms with E-state index in [1.54, 1.807) is 19.1 Å². The van der Waals surface area contributed by atoms with Crippen LogP contribution < -0.4 is 40.5 Å². The normalized spacial score (nSPS) is 11.1. The molecular weight excluding hydrogens is 281 g/mol. The molecule has 19 heavy (non-hydrogen) atoms. The minimum Gasteiger partial charge on any atom is -0.423 e. The quantitative estimate of drug-likeness (QED) is 0.400. The van der Waals surface area contributed by atoms with E-state index in [-0.39, 0.29) is 29.6 Å². The molecule has 1 aromatic heterocycles. The van der Waals surface area contributed by atoms with Crippen LogP contribution in [0, 0.1) is 6.92 Å². The molecule has 0 amide bonds. The Morgan fingerprint density at radius 3 is 2.63 bits per heavy atom. The van der Waals surface area contributed by atoms with Gasteiger partial charge in [0.2, 0.25) is 0 Å². The Morgan fingerprint density at radius 2 is 2.00 bits per heavy atom. The number of fused-ring (bicyclic) bond motifs is 1. The van der Waals surface area contributed by atoms with Crippen LogP contribution in [0.4, 0.5) is 5.69 Å². The minimum absolute atomic E-state index is 0. The molecule has 1 heterocycles. The van der Waals surface area contributed by atoms with Crippen LogP contribution in [-0.4, -0.2) is 18.8 Å². The van der Waals surface area contributed by atoms with Gasteiger partial charge in [-0.1, -0.05) is 0 Å². The second kappa shape index (κ2) is 6.06. The van der Waals surface area contributed by atoms with Gasteiger partial charge in [0.05, 0.1) is 0 Å². The molecule has 0 spiro atoms. The van der Waals surface area contributed by atoms with Crippen molar-refractivity contribution in [2.24, 2.45) is 0 Å². The van der Waals surface area contributed by atoms with Crippen LogP contribution in [-0.2, 0) is 10.1 Å². The van der Waals surface area contributed by atoms with Crippen LogP contribution in [0.25, 0.3) is 11.0 Å². The number of anilines is 1. The molecule has 0 aliphatic heterocycles. The topological polar surface area (TPSA) is 96.6 Å². The van der Waals surface area contributed by atoms with Gasteiger partial charge in [-0.25, -0.2) is 4.79 Å². The average Bonchev–Trinajstić information content (AvgIpc) is 2.24. The third kappa shape index (κ3) is 4.32. The van der Waals surface area contributed by atoms with Gasteiger partial charge in [-0.05, 0) is 24.6 Å². The Balaban J connectivity index is 0.00000180. The first-order valence-electron chi connectivity index (χ1n) is 5.09. The maximum Gasteiger partial charge on any atom is 1.00 e. The van der Waals surface area contributed by atoms with Crippen LogP contribution >= 0.6 is 0 Å². The molecular formula is C11H11NNaO5S+. The second-order valence-electron chi connectivity index (χ2n) is 3.86. The molecule has 0 unspecified atom stereocenters. The van der Waals surface area contributed by atoms with E-state index in [2.05, 4.69) is 5.32 Å². The maximum absolute atomic E-state index is 11.2. The molecule has 0 saturated carbocycles. The first-order chi connectivity index (χ1) is 8.35. The van der Waals surface area contributed by atoms with Crippen molar-refractivity contribution >= 4 is 26.8 Å². The average molecular weight is 292 g/mol. The number of rotatable bonds is 3. The van der Waals surface area contributed by atoms with Gasteiger partial charge in [-0.15, -0.1) is 0 Å². The largest absolute Gasteiger partial charge is 1.00 e. The van der Waals surface area contributed by atoms with Gasteiger partial charge in [0.1, 0.15) is 11.5 Å². The van der Waals surface area contributed by atoms with Gasteiger partial charge >= 0.3 is 35.2 Å². The van der Waals surface area contributed by atoms with Crippen LogP contribution in [0.15, 0.2) is 33.5 Å². The van der Waals surface area contributed by atoms with Crippen molar-refractivity contribution < 1.29 is 46.9 Å². The van der Waals surface area contributed by atoms with Crippen molar-refractivity contribution in [1.82, 2.24) is 0 Å². The molecule has 1 aromatic carbocycles. The molecule has 0 bridgehead atoms. The van der Waals surface area contributed by atoms with E-state index in [0.717, 1.165) is 10.9 Å². The van der Waals surface area contributed by atoms with Crippen LogP contribution in [0.3, 0.4) is 0 Å². The fourth-order valence-corrected chi connectivity index (χ4v) is 1.96. The van der Waals surface area contributed by atoms with Gasteiger partial charge in [0, 0.05) is 23.2 Å². The third-order valence-corrected chi connectivity index (χ3v) is 2.92. The molecule has 0 aliphatic carbocycles. The van der Waals surface area contributed by atoms with E-state index < -0.39 is 21.6 Å². The van der Waals surface area contributed by atoms with Crippen molar-refractivity contribution in [1.29, 1.82) is 0 Å². The van der Waals surface area contributed by atoms with Crippen LogP contribution in [0.5, 0.6) is 0 Å².